The Morgan fingerprint density at radius 3 is 2.72 bits per heavy atom. The Hall–Kier alpha value is -1.43. The van der Waals surface area contributed by atoms with Gasteiger partial charge in [-0.3, -0.25) is 4.79 Å². The molecule has 0 N–H and O–H groups in total. The third-order valence-corrected chi connectivity index (χ3v) is 5.65. The first-order chi connectivity index (χ1) is 12.3. The number of fused-ring (bicyclic) bond motifs is 1. The summed E-state index contributed by atoms with van der Waals surface area (Å²) in [6.07, 6.45) is 4.14. The quantitative estimate of drug-likeness (QED) is 0.841. The first-order valence-corrected chi connectivity index (χ1v) is 9.50. The number of hydrogen-bond donors (Lipinski definition) is 0. The zero-order valence-electron chi connectivity index (χ0n) is 14.6. The van der Waals surface area contributed by atoms with Crippen molar-refractivity contribution in [1.82, 2.24) is 4.90 Å². The van der Waals surface area contributed by atoms with Gasteiger partial charge in [-0.15, -0.1) is 0 Å². The van der Waals surface area contributed by atoms with Crippen molar-refractivity contribution >= 4 is 5.91 Å². The van der Waals surface area contributed by atoms with Crippen molar-refractivity contribution < 1.29 is 19.0 Å². The van der Waals surface area contributed by atoms with Crippen molar-refractivity contribution in [2.45, 2.75) is 43.9 Å². The van der Waals surface area contributed by atoms with Crippen molar-refractivity contribution in [2.75, 3.05) is 33.0 Å². The highest BCUT2D eigenvalue weighted by Crippen LogP contribution is 2.32. The van der Waals surface area contributed by atoms with E-state index in [-0.39, 0.29) is 24.2 Å². The fraction of sp³-hybridized carbons (Fsp3) is 0.650. The van der Waals surface area contributed by atoms with Crippen molar-refractivity contribution in [2.24, 2.45) is 5.92 Å². The summed E-state index contributed by atoms with van der Waals surface area (Å²) in [5, 5.41) is 0. The topological polar surface area (TPSA) is 48.0 Å². The lowest BCUT2D eigenvalue weighted by Gasteiger charge is -2.32. The van der Waals surface area contributed by atoms with Gasteiger partial charge in [0, 0.05) is 25.4 Å². The Labute approximate surface area is 149 Å². The van der Waals surface area contributed by atoms with Gasteiger partial charge in [-0.1, -0.05) is 18.2 Å². The molecule has 0 radical (unpaired) electrons. The standard InChI is InChI=1S/C20H27NO4/c22-20(16-5-2-1-3-6-16)21-13-18(19-17(21)7-4-10-24-19)25-14-15-8-11-23-12-9-15/h1-3,5-6,15,17-19H,4,7-14H2/t17-,18-,19+/m1/s1. The van der Waals surface area contributed by atoms with E-state index < -0.39 is 0 Å². The van der Waals surface area contributed by atoms with Gasteiger partial charge in [0.15, 0.2) is 0 Å². The molecular weight excluding hydrogens is 318 g/mol. The van der Waals surface area contributed by atoms with Gasteiger partial charge in [0.05, 0.1) is 19.2 Å². The largest absolute Gasteiger partial charge is 0.381 e. The summed E-state index contributed by atoms with van der Waals surface area (Å²) in [5.41, 5.74) is 0.747. The highest BCUT2D eigenvalue weighted by molar-refractivity contribution is 5.94. The van der Waals surface area contributed by atoms with E-state index >= 15 is 0 Å². The maximum atomic E-state index is 13.0. The van der Waals surface area contributed by atoms with Crippen LogP contribution in [0.5, 0.6) is 0 Å². The molecule has 3 saturated heterocycles. The van der Waals surface area contributed by atoms with Crippen molar-refractivity contribution in [3.05, 3.63) is 35.9 Å². The predicted octanol–water partition coefficient (Wildman–Crippen LogP) is 2.50. The van der Waals surface area contributed by atoms with Crippen LogP contribution in [0.25, 0.3) is 0 Å². The van der Waals surface area contributed by atoms with Crippen LogP contribution >= 0.6 is 0 Å². The SMILES string of the molecule is O=C(c1ccccc1)N1C[C@@H](OCC2CCOCC2)[C@H]2OCCC[C@H]21. The molecule has 3 aliphatic heterocycles. The fourth-order valence-electron chi connectivity index (χ4n) is 4.21. The predicted molar refractivity (Wildman–Crippen MR) is 93.5 cm³/mol. The number of likely N-dealkylation sites (tertiary alicyclic amines) is 1. The summed E-state index contributed by atoms with van der Waals surface area (Å²) >= 11 is 0. The Morgan fingerprint density at radius 1 is 1.12 bits per heavy atom. The molecule has 1 aromatic rings. The van der Waals surface area contributed by atoms with E-state index in [0.29, 0.717) is 12.5 Å². The van der Waals surface area contributed by atoms with Crippen LogP contribution in [0, 0.1) is 5.92 Å². The van der Waals surface area contributed by atoms with Gasteiger partial charge in [-0.05, 0) is 43.7 Å². The summed E-state index contributed by atoms with van der Waals surface area (Å²) < 4.78 is 17.7. The molecule has 0 saturated carbocycles. The second kappa shape index (κ2) is 7.85. The molecule has 0 bridgehead atoms. The fourth-order valence-corrected chi connectivity index (χ4v) is 4.21. The van der Waals surface area contributed by atoms with Crippen LogP contribution in [-0.2, 0) is 14.2 Å². The zero-order chi connectivity index (χ0) is 17.1. The lowest BCUT2D eigenvalue weighted by Crippen LogP contribution is -2.44. The molecule has 5 nitrogen and oxygen atoms in total. The highest BCUT2D eigenvalue weighted by Gasteiger charge is 2.46. The van der Waals surface area contributed by atoms with Crippen molar-refractivity contribution in [3.8, 4) is 0 Å². The van der Waals surface area contributed by atoms with Crippen LogP contribution in [0.15, 0.2) is 30.3 Å². The lowest BCUT2D eigenvalue weighted by molar-refractivity contribution is -0.0886. The number of amides is 1. The maximum Gasteiger partial charge on any atom is 0.254 e. The minimum absolute atomic E-state index is 0.0131. The highest BCUT2D eigenvalue weighted by atomic mass is 16.5. The molecule has 0 aromatic heterocycles. The first kappa shape index (κ1) is 17.0. The van der Waals surface area contributed by atoms with Gasteiger partial charge in [-0.25, -0.2) is 0 Å². The molecule has 4 rings (SSSR count). The van der Waals surface area contributed by atoms with E-state index in [1.807, 2.05) is 35.2 Å². The normalized spacial score (nSPS) is 30.2. The third kappa shape index (κ3) is 3.73. The molecule has 0 spiro atoms. The Kier molecular flexibility index (Phi) is 5.34. The van der Waals surface area contributed by atoms with E-state index in [1.54, 1.807) is 0 Å². The van der Waals surface area contributed by atoms with Gasteiger partial charge in [-0.2, -0.15) is 0 Å². The average Bonchev–Trinajstić information content (AvgIpc) is 3.06. The second-order valence-electron chi connectivity index (χ2n) is 7.30. The third-order valence-electron chi connectivity index (χ3n) is 5.65. The zero-order valence-corrected chi connectivity index (χ0v) is 14.6. The number of ether oxygens (including phenoxy) is 3. The molecule has 1 aromatic carbocycles. The van der Waals surface area contributed by atoms with Gasteiger partial charge in [0.1, 0.15) is 12.2 Å². The number of nitrogens with zero attached hydrogens (tertiary/aromatic N) is 1. The molecule has 25 heavy (non-hydrogen) atoms. The molecule has 5 heteroatoms. The monoisotopic (exact) mass is 345 g/mol. The summed E-state index contributed by atoms with van der Waals surface area (Å²) in [4.78, 5) is 14.9. The number of benzene rings is 1. The number of carbonyl (C=O) groups excluding carboxylic acids is 1. The van der Waals surface area contributed by atoms with Crippen molar-refractivity contribution in [1.29, 1.82) is 0 Å². The Balaban J connectivity index is 1.43. The molecule has 3 fully saturated rings. The number of hydrogen-bond acceptors (Lipinski definition) is 4. The van der Waals surface area contributed by atoms with E-state index in [9.17, 15) is 4.79 Å². The summed E-state index contributed by atoms with van der Waals surface area (Å²) in [6, 6.07) is 9.68. The van der Waals surface area contributed by atoms with Crippen LogP contribution in [0.1, 0.15) is 36.0 Å². The number of carbonyl (C=O) groups is 1. The van der Waals surface area contributed by atoms with E-state index in [0.717, 1.165) is 57.7 Å². The van der Waals surface area contributed by atoms with Gasteiger partial charge in [0.2, 0.25) is 0 Å². The average molecular weight is 345 g/mol. The van der Waals surface area contributed by atoms with Crippen LogP contribution in [0.3, 0.4) is 0 Å². The lowest BCUT2D eigenvalue weighted by atomic mass is 10.0. The molecule has 3 heterocycles. The minimum Gasteiger partial charge on any atom is -0.381 e. The van der Waals surface area contributed by atoms with Gasteiger partial charge >= 0.3 is 0 Å². The van der Waals surface area contributed by atoms with E-state index in [4.69, 9.17) is 14.2 Å². The Bertz CT molecular complexity index is 572. The van der Waals surface area contributed by atoms with Crippen LogP contribution in [0.4, 0.5) is 0 Å². The minimum atomic E-state index is -0.0131. The molecule has 0 aliphatic carbocycles. The molecule has 3 aliphatic rings. The van der Waals surface area contributed by atoms with E-state index in [2.05, 4.69) is 0 Å². The summed E-state index contributed by atoms with van der Waals surface area (Å²) in [5.74, 6) is 0.660. The van der Waals surface area contributed by atoms with Gasteiger partial charge < -0.3 is 19.1 Å². The molecule has 0 unspecified atom stereocenters. The molecular formula is C20H27NO4. The van der Waals surface area contributed by atoms with Crippen LogP contribution in [-0.4, -0.2) is 62.0 Å². The van der Waals surface area contributed by atoms with Crippen LogP contribution in [0.2, 0.25) is 0 Å². The molecule has 1 amide bonds. The van der Waals surface area contributed by atoms with Gasteiger partial charge in [0.25, 0.3) is 5.91 Å². The smallest absolute Gasteiger partial charge is 0.254 e. The summed E-state index contributed by atoms with van der Waals surface area (Å²) in [6.45, 7) is 3.81. The maximum absolute atomic E-state index is 13.0. The first-order valence-electron chi connectivity index (χ1n) is 9.50. The number of rotatable bonds is 4. The second-order valence-corrected chi connectivity index (χ2v) is 7.30. The molecule has 3 atom stereocenters. The summed E-state index contributed by atoms with van der Waals surface area (Å²) in [7, 11) is 0. The molecule has 136 valence electrons. The van der Waals surface area contributed by atoms with Crippen molar-refractivity contribution in [3.63, 3.8) is 0 Å². The van der Waals surface area contributed by atoms with E-state index in [1.165, 1.54) is 0 Å². The Morgan fingerprint density at radius 2 is 1.92 bits per heavy atom. The van der Waals surface area contributed by atoms with Crippen LogP contribution < -0.4 is 0 Å².